The summed E-state index contributed by atoms with van der Waals surface area (Å²) in [5.41, 5.74) is 5.55. The lowest BCUT2D eigenvalue weighted by Crippen LogP contribution is -2.21. The zero-order valence-corrected chi connectivity index (χ0v) is 9.36. The minimum absolute atomic E-state index is 0.0116. The molecule has 17 heavy (non-hydrogen) atoms. The van der Waals surface area contributed by atoms with Gasteiger partial charge >= 0.3 is 5.97 Å². The Morgan fingerprint density at radius 3 is 2.82 bits per heavy atom. The van der Waals surface area contributed by atoms with Gasteiger partial charge in [-0.3, -0.25) is 4.79 Å². The minimum Gasteiger partial charge on any atom is -0.478 e. The van der Waals surface area contributed by atoms with Crippen molar-refractivity contribution in [2.45, 2.75) is 6.42 Å². The van der Waals surface area contributed by atoms with Crippen molar-refractivity contribution < 1.29 is 14.7 Å². The highest BCUT2D eigenvalue weighted by Crippen LogP contribution is 2.14. The molecule has 0 fully saturated rings. The van der Waals surface area contributed by atoms with Crippen LogP contribution in [0.1, 0.15) is 16.8 Å². The Morgan fingerprint density at radius 2 is 2.24 bits per heavy atom. The van der Waals surface area contributed by atoms with Crippen LogP contribution in [0.15, 0.2) is 12.3 Å². The molecule has 5 N–H and O–H groups in total. The number of carboxylic acids is 1. The summed E-state index contributed by atoms with van der Waals surface area (Å²) >= 11 is 0. The Bertz CT molecular complexity index is 434. The van der Waals surface area contributed by atoms with E-state index in [-0.39, 0.29) is 23.6 Å². The second-order valence-corrected chi connectivity index (χ2v) is 3.31. The highest BCUT2D eigenvalue weighted by Gasteiger charge is 2.09. The topological polar surface area (TPSA) is 117 Å². The van der Waals surface area contributed by atoms with Gasteiger partial charge in [-0.1, -0.05) is 0 Å². The SMILES string of the molecule is CNC(=O)CCNc1cc(C(=O)O)c(N)cn1. The van der Waals surface area contributed by atoms with E-state index in [1.54, 1.807) is 7.05 Å². The second kappa shape index (κ2) is 5.69. The summed E-state index contributed by atoms with van der Waals surface area (Å²) in [6.07, 6.45) is 1.55. The number of carbonyl (C=O) groups excluding carboxylic acids is 1. The maximum absolute atomic E-state index is 10.9. The van der Waals surface area contributed by atoms with Crippen LogP contribution < -0.4 is 16.4 Å². The number of pyridine rings is 1. The highest BCUT2D eigenvalue weighted by atomic mass is 16.4. The molecule has 0 bridgehead atoms. The smallest absolute Gasteiger partial charge is 0.337 e. The molecule has 0 spiro atoms. The second-order valence-electron chi connectivity index (χ2n) is 3.31. The molecule has 0 aliphatic carbocycles. The first-order chi connectivity index (χ1) is 8.04. The van der Waals surface area contributed by atoms with Crippen LogP contribution in [-0.4, -0.2) is 35.6 Å². The Hall–Kier alpha value is -2.31. The zero-order valence-electron chi connectivity index (χ0n) is 9.36. The number of nitrogens with two attached hydrogens (primary N) is 1. The van der Waals surface area contributed by atoms with Gasteiger partial charge in [0.2, 0.25) is 5.91 Å². The Morgan fingerprint density at radius 1 is 1.53 bits per heavy atom. The van der Waals surface area contributed by atoms with Crippen molar-refractivity contribution in [3.63, 3.8) is 0 Å². The molecule has 0 aromatic carbocycles. The quantitative estimate of drug-likeness (QED) is 0.569. The van der Waals surface area contributed by atoms with E-state index in [2.05, 4.69) is 15.6 Å². The molecule has 0 unspecified atom stereocenters. The molecule has 0 saturated carbocycles. The lowest BCUT2D eigenvalue weighted by atomic mass is 10.2. The molecule has 1 rings (SSSR count). The van der Waals surface area contributed by atoms with Gasteiger partial charge in [0.05, 0.1) is 17.4 Å². The molecule has 92 valence electrons. The molecule has 0 atom stereocenters. The number of amides is 1. The van der Waals surface area contributed by atoms with E-state index >= 15 is 0 Å². The van der Waals surface area contributed by atoms with Crippen molar-refractivity contribution in [3.05, 3.63) is 17.8 Å². The summed E-state index contributed by atoms with van der Waals surface area (Å²) in [5.74, 6) is -0.842. The van der Waals surface area contributed by atoms with Gasteiger partial charge in [0, 0.05) is 20.0 Å². The third-order valence-corrected chi connectivity index (χ3v) is 2.10. The molecule has 7 heteroatoms. The van der Waals surface area contributed by atoms with Gasteiger partial charge < -0.3 is 21.5 Å². The van der Waals surface area contributed by atoms with Crippen LogP contribution in [0.5, 0.6) is 0 Å². The molecular weight excluding hydrogens is 224 g/mol. The lowest BCUT2D eigenvalue weighted by molar-refractivity contribution is -0.120. The van der Waals surface area contributed by atoms with Crippen molar-refractivity contribution in [2.75, 3.05) is 24.6 Å². The van der Waals surface area contributed by atoms with E-state index in [0.29, 0.717) is 12.4 Å². The number of carbonyl (C=O) groups is 2. The number of nitrogens with zero attached hydrogens (tertiary/aromatic N) is 1. The van der Waals surface area contributed by atoms with Gasteiger partial charge in [0.25, 0.3) is 0 Å². The number of nitrogens with one attached hydrogen (secondary N) is 2. The summed E-state index contributed by atoms with van der Waals surface area (Å²) in [6.45, 7) is 0.371. The first kappa shape index (κ1) is 12.8. The predicted molar refractivity (Wildman–Crippen MR) is 62.8 cm³/mol. The van der Waals surface area contributed by atoms with Gasteiger partial charge in [-0.2, -0.15) is 0 Å². The van der Waals surface area contributed by atoms with Crippen molar-refractivity contribution in [1.82, 2.24) is 10.3 Å². The molecule has 0 aliphatic rings. The number of hydrogen-bond donors (Lipinski definition) is 4. The zero-order chi connectivity index (χ0) is 12.8. The largest absolute Gasteiger partial charge is 0.478 e. The summed E-state index contributed by atoms with van der Waals surface area (Å²) in [7, 11) is 1.55. The molecule has 1 amide bonds. The van der Waals surface area contributed by atoms with Crippen molar-refractivity contribution in [3.8, 4) is 0 Å². The maximum Gasteiger partial charge on any atom is 0.337 e. The average molecular weight is 238 g/mol. The fraction of sp³-hybridized carbons (Fsp3) is 0.300. The third kappa shape index (κ3) is 3.63. The van der Waals surface area contributed by atoms with E-state index in [9.17, 15) is 9.59 Å². The average Bonchev–Trinajstić information content (AvgIpc) is 2.30. The van der Waals surface area contributed by atoms with Crippen LogP contribution in [0.25, 0.3) is 0 Å². The van der Waals surface area contributed by atoms with E-state index < -0.39 is 5.97 Å². The number of hydrogen-bond acceptors (Lipinski definition) is 5. The van der Waals surface area contributed by atoms with Gasteiger partial charge in [-0.05, 0) is 6.07 Å². The van der Waals surface area contributed by atoms with E-state index in [1.807, 2.05) is 0 Å². The molecule has 7 nitrogen and oxygen atoms in total. The van der Waals surface area contributed by atoms with Crippen LogP contribution in [0.3, 0.4) is 0 Å². The number of anilines is 2. The van der Waals surface area contributed by atoms with Crippen molar-refractivity contribution in [2.24, 2.45) is 0 Å². The summed E-state index contributed by atoms with van der Waals surface area (Å²) in [6, 6.07) is 1.33. The first-order valence-corrected chi connectivity index (χ1v) is 4.98. The van der Waals surface area contributed by atoms with E-state index in [4.69, 9.17) is 10.8 Å². The fourth-order valence-electron chi connectivity index (χ4n) is 1.18. The Labute approximate surface area is 98.0 Å². The molecule has 0 saturated heterocycles. The molecule has 1 aromatic rings. The molecule has 0 radical (unpaired) electrons. The number of nitrogen functional groups attached to an aromatic ring is 1. The number of aromatic carboxylic acids is 1. The van der Waals surface area contributed by atoms with Crippen molar-refractivity contribution in [1.29, 1.82) is 0 Å². The standard InChI is InChI=1S/C10H14N4O3/c1-12-9(15)2-3-13-8-4-6(10(16)17)7(11)5-14-8/h4-5H,2-3,11H2,1H3,(H,12,15)(H,13,14)(H,16,17). The predicted octanol–water partition coefficient (Wildman–Crippen LogP) is -0.0900. The number of rotatable bonds is 5. The third-order valence-electron chi connectivity index (χ3n) is 2.10. The lowest BCUT2D eigenvalue weighted by Gasteiger charge is -2.07. The number of carboxylic acid groups (broad SMARTS) is 1. The first-order valence-electron chi connectivity index (χ1n) is 4.98. The summed E-state index contributed by atoms with van der Waals surface area (Å²) in [5, 5.41) is 14.2. The monoisotopic (exact) mass is 238 g/mol. The van der Waals surface area contributed by atoms with E-state index in [1.165, 1.54) is 12.3 Å². The molecule has 1 heterocycles. The summed E-state index contributed by atoms with van der Waals surface area (Å²) in [4.78, 5) is 25.7. The normalized spacial score (nSPS) is 9.71. The highest BCUT2D eigenvalue weighted by molar-refractivity contribution is 5.94. The Kier molecular flexibility index (Phi) is 4.27. The van der Waals surface area contributed by atoms with Gasteiger partial charge in [-0.25, -0.2) is 9.78 Å². The van der Waals surface area contributed by atoms with Crippen molar-refractivity contribution >= 4 is 23.4 Å². The number of aromatic nitrogens is 1. The van der Waals surface area contributed by atoms with Crippen LogP contribution in [0.2, 0.25) is 0 Å². The van der Waals surface area contributed by atoms with Gasteiger partial charge in [-0.15, -0.1) is 0 Å². The molecule has 0 aliphatic heterocycles. The van der Waals surface area contributed by atoms with Crippen LogP contribution in [0.4, 0.5) is 11.5 Å². The maximum atomic E-state index is 10.9. The fourth-order valence-corrected chi connectivity index (χ4v) is 1.18. The minimum atomic E-state index is -1.11. The van der Waals surface area contributed by atoms with Gasteiger partial charge in [0.1, 0.15) is 5.82 Å². The van der Waals surface area contributed by atoms with E-state index in [0.717, 1.165) is 0 Å². The Balaban J connectivity index is 2.63. The summed E-state index contributed by atoms with van der Waals surface area (Å²) < 4.78 is 0. The molecule has 1 aromatic heterocycles. The van der Waals surface area contributed by atoms with Crippen LogP contribution >= 0.6 is 0 Å². The molecular formula is C10H14N4O3. The van der Waals surface area contributed by atoms with Crippen LogP contribution in [0, 0.1) is 0 Å². The van der Waals surface area contributed by atoms with Gasteiger partial charge in [0.15, 0.2) is 0 Å². The van der Waals surface area contributed by atoms with Crippen LogP contribution in [-0.2, 0) is 4.79 Å².